The van der Waals surface area contributed by atoms with E-state index in [9.17, 15) is 4.79 Å². The molecule has 0 unspecified atom stereocenters. The van der Waals surface area contributed by atoms with Crippen LogP contribution >= 0.6 is 0 Å². The van der Waals surface area contributed by atoms with E-state index in [0.29, 0.717) is 12.3 Å². The first-order chi connectivity index (χ1) is 8.17. The lowest BCUT2D eigenvalue weighted by Gasteiger charge is -2.26. The molecule has 2 N–H and O–H groups in total. The Kier molecular flexibility index (Phi) is 6.36. The van der Waals surface area contributed by atoms with Crippen molar-refractivity contribution >= 4 is 18.3 Å². The third-order valence-electron chi connectivity index (χ3n) is 1.83. The van der Waals surface area contributed by atoms with E-state index in [-0.39, 0.29) is 6.04 Å². The monoisotopic (exact) mass is 256 g/mol. The van der Waals surface area contributed by atoms with Gasteiger partial charge in [-0.25, -0.2) is 9.79 Å². The van der Waals surface area contributed by atoms with E-state index in [1.165, 1.54) is 11.3 Å². The minimum absolute atomic E-state index is 0.117. The molecule has 0 heterocycles. The topological polar surface area (TPSA) is 80.3 Å². The molecule has 0 aliphatic heterocycles. The van der Waals surface area contributed by atoms with Crippen LogP contribution in [-0.2, 0) is 4.74 Å². The standard InChI is InChI=1S/C12H24N4O2/c1-7-10(13)14-8-15-16(9(2)3)11(17)18-12(4,5)6/h8-9H,7H2,1-6H3,(H2,13,14,15). The highest BCUT2D eigenvalue weighted by molar-refractivity contribution is 5.87. The SMILES string of the molecule is CCC(N)=N/C=N\N(C(=O)OC(C)(C)C)C(C)C. The lowest BCUT2D eigenvalue weighted by molar-refractivity contribution is 0.0198. The number of aliphatic imine (C=N–C) groups is 1. The lowest BCUT2D eigenvalue weighted by Crippen LogP contribution is -2.37. The van der Waals surface area contributed by atoms with Crippen molar-refractivity contribution in [1.29, 1.82) is 0 Å². The number of ether oxygens (including phenoxy) is 1. The zero-order chi connectivity index (χ0) is 14.3. The second-order valence-electron chi connectivity index (χ2n) is 5.12. The Hall–Kier alpha value is -1.59. The van der Waals surface area contributed by atoms with Crippen LogP contribution < -0.4 is 5.73 Å². The van der Waals surface area contributed by atoms with Crippen molar-refractivity contribution in [3.63, 3.8) is 0 Å². The molecule has 0 saturated carbocycles. The normalized spacial score (nSPS) is 13.2. The molecular weight excluding hydrogens is 232 g/mol. The number of nitrogens with zero attached hydrogens (tertiary/aromatic N) is 3. The van der Waals surface area contributed by atoms with Crippen LogP contribution in [0.15, 0.2) is 10.1 Å². The van der Waals surface area contributed by atoms with E-state index in [2.05, 4.69) is 10.1 Å². The Balaban J connectivity index is 4.73. The van der Waals surface area contributed by atoms with Gasteiger partial charge < -0.3 is 10.5 Å². The number of hydrogen-bond donors (Lipinski definition) is 1. The maximum Gasteiger partial charge on any atom is 0.431 e. The van der Waals surface area contributed by atoms with Gasteiger partial charge in [0.2, 0.25) is 0 Å². The zero-order valence-electron chi connectivity index (χ0n) is 12.1. The number of carbonyl (C=O) groups excluding carboxylic acids is 1. The zero-order valence-corrected chi connectivity index (χ0v) is 12.1. The van der Waals surface area contributed by atoms with Crippen LogP contribution in [0, 0.1) is 0 Å². The molecule has 0 aromatic rings. The molecule has 0 aliphatic rings. The summed E-state index contributed by atoms with van der Waals surface area (Å²) in [4.78, 5) is 15.8. The van der Waals surface area contributed by atoms with E-state index >= 15 is 0 Å². The quantitative estimate of drug-likeness (QED) is 0.476. The van der Waals surface area contributed by atoms with Crippen LogP contribution in [0.5, 0.6) is 0 Å². The van der Waals surface area contributed by atoms with E-state index < -0.39 is 11.7 Å². The van der Waals surface area contributed by atoms with Crippen molar-refractivity contribution in [1.82, 2.24) is 5.01 Å². The van der Waals surface area contributed by atoms with Gasteiger partial charge in [-0.1, -0.05) is 6.92 Å². The highest BCUT2D eigenvalue weighted by Gasteiger charge is 2.23. The molecule has 0 aromatic carbocycles. The molecule has 1 amide bonds. The van der Waals surface area contributed by atoms with Crippen LogP contribution in [0.25, 0.3) is 0 Å². The summed E-state index contributed by atoms with van der Waals surface area (Å²) in [6.07, 6.45) is 1.40. The second-order valence-corrected chi connectivity index (χ2v) is 5.12. The van der Waals surface area contributed by atoms with Crippen molar-refractivity contribution in [3.05, 3.63) is 0 Å². The highest BCUT2D eigenvalue weighted by Crippen LogP contribution is 2.11. The molecule has 104 valence electrons. The number of rotatable bonds is 4. The fourth-order valence-corrected chi connectivity index (χ4v) is 0.947. The molecule has 0 rings (SSSR count). The number of hydrogen-bond acceptors (Lipinski definition) is 3. The highest BCUT2D eigenvalue weighted by atomic mass is 16.6. The fourth-order valence-electron chi connectivity index (χ4n) is 0.947. The maximum absolute atomic E-state index is 11.9. The van der Waals surface area contributed by atoms with Gasteiger partial charge in [-0.2, -0.15) is 10.1 Å². The summed E-state index contributed by atoms with van der Waals surface area (Å²) >= 11 is 0. The van der Waals surface area contributed by atoms with Gasteiger partial charge in [0.05, 0.1) is 6.04 Å². The third-order valence-corrected chi connectivity index (χ3v) is 1.83. The third kappa shape index (κ3) is 6.88. The summed E-state index contributed by atoms with van der Waals surface area (Å²) in [7, 11) is 0. The number of hydrazone groups is 1. The number of carbonyl (C=O) groups is 1. The van der Waals surface area contributed by atoms with Gasteiger partial charge in [0.25, 0.3) is 0 Å². The molecular formula is C12H24N4O2. The second kappa shape index (κ2) is 6.98. The van der Waals surface area contributed by atoms with Gasteiger partial charge in [-0.05, 0) is 34.6 Å². The van der Waals surface area contributed by atoms with E-state index in [0.717, 1.165) is 0 Å². The molecule has 0 saturated heterocycles. The van der Waals surface area contributed by atoms with Crippen molar-refractivity contribution in [2.24, 2.45) is 15.8 Å². The van der Waals surface area contributed by atoms with Gasteiger partial charge in [0, 0.05) is 6.42 Å². The molecule has 0 aromatic heterocycles. The molecule has 6 nitrogen and oxygen atoms in total. The van der Waals surface area contributed by atoms with Crippen molar-refractivity contribution in [2.75, 3.05) is 0 Å². The summed E-state index contributed by atoms with van der Waals surface area (Å²) in [5.41, 5.74) is 4.99. The average molecular weight is 256 g/mol. The van der Waals surface area contributed by atoms with E-state index in [1.807, 2.05) is 20.8 Å². The molecule has 0 aliphatic carbocycles. The fraction of sp³-hybridized carbons (Fsp3) is 0.750. The van der Waals surface area contributed by atoms with Gasteiger partial charge in [-0.15, -0.1) is 0 Å². The van der Waals surface area contributed by atoms with E-state index in [1.54, 1.807) is 20.8 Å². The minimum Gasteiger partial charge on any atom is -0.442 e. The van der Waals surface area contributed by atoms with Gasteiger partial charge in [-0.3, -0.25) is 0 Å². The first kappa shape index (κ1) is 16.4. The van der Waals surface area contributed by atoms with Crippen LogP contribution in [0.1, 0.15) is 48.0 Å². The summed E-state index contributed by atoms with van der Waals surface area (Å²) in [5, 5.41) is 5.20. The first-order valence-electron chi connectivity index (χ1n) is 6.04. The van der Waals surface area contributed by atoms with Crippen LogP contribution in [0.3, 0.4) is 0 Å². The van der Waals surface area contributed by atoms with Crippen LogP contribution in [0.4, 0.5) is 4.79 Å². The van der Waals surface area contributed by atoms with Crippen molar-refractivity contribution < 1.29 is 9.53 Å². The minimum atomic E-state index is -0.550. The van der Waals surface area contributed by atoms with Gasteiger partial charge >= 0.3 is 6.09 Å². The summed E-state index contributed by atoms with van der Waals surface area (Å²) in [6.45, 7) is 11.0. The van der Waals surface area contributed by atoms with Crippen molar-refractivity contribution in [2.45, 2.75) is 59.6 Å². The Morgan fingerprint density at radius 3 is 2.39 bits per heavy atom. The average Bonchev–Trinajstić information content (AvgIpc) is 2.20. The first-order valence-corrected chi connectivity index (χ1v) is 6.04. The summed E-state index contributed by atoms with van der Waals surface area (Å²) < 4.78 is 5.24. The molecule has 0 atom stereocenters. The van der Waals surface area contributed by atoms with E-state index in [4.69, 9.17) is 10.5 Å². The predicted molar refractivity (Wildman–Crippen MR) is 73.6 cm³/mol. The Labute approximate surface area is 109 Å². The smallest absolute Gasteiger partial charge is 0.431 e. The maximum atomic E-state index is 11.9. The number of amidine groups is 1. The molecule has 0 bridgehead atoms. The molecule has 18 heavy (non-hydrogen) atoms. The van der Waals surface area contributed by atoms with Crippen molar-refractivity contribution in [3.8, 4) is 0 Å². The number of amides is 1. The largest absolute Gasteiger partial charge is 0.442 e. The Bertz CT molecular complexity index is 329. The van der Waals surface area contributed by atoms with Gasteiger partial charge in [0.1, 0.15) is 17.8 Å². The Morgan fingerprint density at radius 2 is 2.00 bits per heavy atom. The Morgan fingerprint density at radius 1 is 1.44 bits per heavy atom. The van der Waals surface area contributed by atoms with Crippen LogP contribution in [0.2, 0.25) is 0 Å². The number of nitrogens with two attached hydrogens (primary N) is 1. The molecule has 0 radical (unpaired) electrons. The lowest BCUT2D eigenvalue weighted by atomic mass is 10.2. The van der Waals surface area contributed by atoms with Gasteiger partial charge in [0.15, 0.2) is 0 Å². The summed E-state index contributed by atoms with van der Waals surface area (Å²) in [5.74, 6) is 0.464. The summed E-state index contributed by atoms with van der Waals surface area (Å²) in [6, 6.07) is -0.117. The molecule has 0 spiro atoms. The predicted octanol–water partition coefficient (Wildman–Crippen LogP) is 2.34. The molecule has 0 fully saturated rings. The van der Waals surface area contributed by atoms with Crippen LogP contribution in [-0.4, -0.2) is 34.9 Å². The molecule has 6 heteroatoms.